The number of Topliss-reactive ketones (excluding diaryl/α,β-unsaturated/α-hetero) is 2. The Morgan fingerprint density at radius 1 is 0.349 bits per heavy atom. The van der Waals surface area contributed by atoms with E-state index in [0.717, 1.165) is 105 Å². The first-order valence-corrected chi connectivity index (χ1v) is 40.5. The molecule has 594 valence electrons. The van der Waals surface area contributed by atoms with Crippen LogP contribution in [0.15, 0.2) is 121 Å². The monoisotopic (exact) mass is 1560 g/mol. The average Bonchev–Trinajstić information content (AvgIpc) is 1.65. The van der Waals surface area contributed by atoms with Crippen molar-refractivity contribution < 1.29 is 134 Å². The van der Waals surface area contributed by atoms with Crippen LogP contribution in [0.5, 0.6) is 0 Å². The molecule has 6 saturated carbocycles. The molecule has 109 heavy (non-hydrogen) atoms. The molecule has 0 N–H and O–H groups in total. The lowest BCUT2D eigenvalue weighted by Crippen LogP contribution is -2.76. The molecule has 0 spiro atoms. The van der Waals surface area contributed by atoms with Crippen molar-refractivity contribution in [3.05, 3.63) is 144 Å². The van der Waals surface area contributed by atoms with E-state index in [-0.39, 0.29) is 45.7 Å². The largest absolute Gasteiger partial charge is 0.453 e. The minimum Gasteiger partial charge on any atom is -0.453 e. The Balaban J connectivity index is 0.000000148. The summed E-state index contributed by atoms with van der Waals surface area (Å²) in [7, 11) is -8.74. The van der Waals surface area contributed by atoms with Crippen molar-refractivity contribution in [1.29, 1.82) is 0 Å². The minimum absolute atomic E-state index is 0.0729. The summed E-state index contributed by atoms with van der Waals surface area (Å²) >= 11 is 0. The van der Waals surface area contributed by atoms with Crippen LogP contribution in [-0.4, -0.2) is 242 Å². The van der Waals surface area contributed by atoms with Crippen molar-refractivity contribution in [1.82, 2.24) is 0 Å². The number of ketones is 2. The van der Waals surface area contributed by atoms with Gasteiger partial charge in [0.1, 0.15) is 60.4 Å². The van der Waals surface area contributed by atoms with E-state index in [9.17, 15) is 45.6 Å². The molecule has 16 aliphatic rings. The third-order valence-corrected chi connectivity index (χ3v) is 25.9. The number of benzene rings is 4. The number of esters is 4. The third kappa shape index (κ3) is 17.9. The van der Waals surface area contributed by atoms with Crippen LogP contribution in [0.4, 0.5) is 0 Å². The predicted molar refractivity (Wildman–Crippen MR) is 379 cm³/mol. The fourth-order valence-electron chi connectivity index (χ4n) is 17.0. The van der Waals surface area contributed by atoms with Gasteiger partial charge in [-0.05, 0) is 110 Å². The van der Waals surface area contributed by atoms with Crippen LogP contribution < -0.4 is 0 Å². The fraction of sp³-hybridized carbons (Fsp3) is 0.615. The highest BCUT2D eigenvalue weighted by atomic mass is 32.2. The maximum Gasteiger partial charge on any atom is 0.338 e. The van der Waals surface area contributed by atoms with E-state index in [1.165, 1.54) is 12.8 Å². The number of hydrogen-bond donors (Lipinski definition) is 0. The Labute approximate surface area is 633 Å². The molecule has 10 aliphatic heterocycles. The van der Waals surface area contributed by atoms with Gasteiger partial charge in [-0.1, -0.05) is 100 Å². The van der Waals surface area contributed by atoms with Gasteiger partial charge in [0, 0.05) is 26.1 Å². The van der Waals surface area contributed by atoms with Gasteiger partial charge in [0.2, 0.25) is 0 Å². The van der Waals surface area contributed by atoms with Crippen LogP contribution >= 0.6 is 0 Å². The molecule has 18 atom stereocenters. The van der Waals surface area contributed by atoms with Gasteiger partial charge in [0.15, 0.2) is 24.4 Å². The molecule has 20 rings (SSSR count). The van der Waals surface area contributed by atoms with E-state index in [2.05, 4.69) is 0 Å². The Morgan fingerprint density at radius 3 is 0.771 bits per heavy atom. The number of ether oxygens (including phenoxy) is 17. The van der Waals surface area contributed by atoms with E-state index < -0.39 is 163 Å². The van der Waals surface area contributed by atoms with Crippen LogP contribution in [0.3, 0.4) is 0 Å². The number of hydrogen-bond acceptors (Lipinski definition) is 29. The number of carbonyl (C=O) groups excluding carboxylic acids is 6. The average molecular weight is 1560 g/mol. The normalized spacial score (nSPS) is 34.2. The highest BCUT2D eigenvalue weighted by molar-refractivity contribution is 7.87. The summed E-state index contributed by atoms with van der Waals surface area (Å²) < 4.78 is 160. The highest BCUT2D eigenvalue weighted by Crippen LogP contribution is 2.66. The summed E-state index contributed by atoms with van der Waals surface area (Å²) in [5.41, 5.74) is -2.11. The molecule has 6 aliphatic carbocycles. The van der Waals surface area contributed by atoms with E-state index >= 15 is 0 Å². The molecular formula is C78H96O29S2. The summed E-state index contributed by atoms with van der Waals surface area (Å²) in [5.74, 6) is -3.70. The van der Waals surface area contributed by atoms with Gasteiger partial charge in [0.05, 0.1) is 124 Å². The van der Waals surface area contributed by atoms with Gasteiger partial charge in [-0.15, -0.1) is 0 Å². The second kappa shape index (κ2) is 35.2. The minimum atomic E-state index is -4.37. The quantitative estimate of drug-likeness (QED) is 0.0621. The van der Waals surface area contributed by atoms with Crippen molar-refractivity contribution in [2.45, 2.75) is 165 Å². The van der Waals surface area contributed by atoms with Gasteiger partial charge in [0.25, 0.3) is 33.2 Å². The molecule has 0 radical (unpaired) electrons. The maximum atomic E-state index is 13.8. The van der Waals surface area contributed by atoms with Crippen LogP contribution in [0, 0.1) is 33.5 Å². The van der Waals surface area contributed by atoms with Gasteiger partial charge in [-0.25, -0.2) is 19.2 Å². The first-order valence-electron chi connectivity index (χ1n) is 37.4. The predicted octanol–water partition coefficient (Wildman–Crippen LogP) is 6.95. The Morgan fingerprint density at radius 2 is 0.578 bits per heavy atom. The summed E-state index contributed by atoms with van der Waals surface area (Å²) in [6.45, 7) is 16.7. The zero-order chi connectivity index (χ0) is 76.6. The van der Waals surface area contributed by atoms with Crippen molar-refractivity contribution in [2.75, 3.05) is 104 Å². The smallest absolute Gasteiger partial charge is 0.338 e. The molecule has 4 aromatic carbocycles. The lowest BCUT2D eigenvalue weighted by molar-refractivity contribution is -0.476. The Bertz CT molecular complexity index is 3540. The first-order chi connectivity index (χ1) is 52.5. The third-order valence-electron chi connectivity index (χ3n) is 23.2. The van der Waals surface area contributed by atoms with Crippen LogP contribution in [-0.2, 0) is 119 Å². The summed E-state index contributed by atoms with van der Waals surface area (Å²) in [6, 6.07) is 33.0. The second-order valence-electron chi connectivity index (χ2n) is 30.0. The molecule has 6 unspecified atom stereocenters. The van der Waals surface area contributed by atoms with Gasteiger partial charge < -0.3 is 80.5 Å². The number of rotatable bonds is 16. The van der Waals surface area contributed by atoms with Crippen molar-refractivity contribution in [3.63, 3.8) is 0 Å². The molecule has 4 aromatic rings. The lowest BCUT2D eigenvalue weighted by atomic mass is 9.70. The second-order valence-corrected chi connectivity index (χ2v) is 33.2. The van der Waals surface area contributed by atoms with Crippen molar-refractivity contribution >= 4 is 55.7 Å². The van der Waals surface area contributed by atoms with Crippen molar-refractivity contribution in [2.24, 2.45) is 33.5 Å². The van der Waals surface area contributed by atoms with Crippen molar-refractivity contribution in [3.8, 4) is 0 Å². The van der Waals surface area contributed by atoms with E-state index in [1.807, 2.05) is 27.7 Å². The fourth-order valence-corrected chi connectivity index (χ4v) is 20.8. The lowest BCUT2D eigenvalue weighted by Gasteiger charge is -2.57. The topological polar surface area (TPSA) is 346 Å². The molecule has 0 aromatic heterocycles. The van der Waals surface area contributed by atoms with E-state index in [0.29, 0.717) is 25.7 Å². The Hall–Kier alpha value is -6.60. The molecule has 10 saturated heterocycles. The van der Waals surface area contributed by atoms with Crippen LogP contribution in [0.2, 0.25) is 0 Å². The molecule has 29 nitrogen and oxygen atoms in total. The molecule has 31 heteroatoms. The SMILES string of the molecule is C1CCOC1.C1COCCO1.C1COCCO1.C1COCCO1.CC1(C)[C@@H]2CC[C@@]1(CS(=O)(=O)OC1[C@H]3OC4OC([C@@H]3OC(=O)c3ccccc3)[C@H](OC(=O)c3ccccc3)[C@H]1O4)C(=O)C2.CC1(C)[C@@H]2CC[C@@]1(CS(=O)(=O)OC1[C@H]3OC4OC([C@H]3OC(=O)c3ccccc3)[C@@H](OC(=O)c3ccccc3)[C@H]1O4)C(=O)C2. The molecule has 0 amide bonds. The number of fused-ring (bicyclic) bond motifs is 4. The standard InChI is InChI=1S/2C31H32O11S.3C4H8O2.C4H8O/c2*1-30(2)19-13-14-31(30,20(32)15-19)16-43(35,36)42-26-24-21(37-27(33)17-9-5-3-6-10-17)23-22(25(26)41-29(39-23)40-24)38-28(34)18-11-7-4-8-12-18;3*1-2-6-4-3-5-1;1-2-4-5-3-1/h2*3-12,19,21-26,29H,13-16H2,1-2H3;3*1-4H2;1-4H2/t19-,21+,22+,23?,24-,25+,26?,29?,31-;19-,21-,22-,23?,24-,25+,26?,29?,31-;;;;/m11..../s1. The van der Waals surface area contributed by atoms with E-state index in [1.54, 1.807) is 121 Å². The van der Waals surface area contributed by atoms with Gasteiger partial charge in [-0.3, -0.25) is 18.0 Å². The zero-order valence-corrected chi connectivity index (χ0v) is 63.0. The first kappa shape index (κ1) is 80.4. The molecule has 10 heterocycles. The molecular weight excluding hydrogens is 1460 g/mol. The zero-order valence-electron chi connectivity index (χ0n) is 61.4. The summed E-state index contributed by atoms with van der Waals surface area (Å²) in [4.78, 5) is 78.7. The highest BCUT2D eigenvalue weighted by Gasteiger charge is 2.71. The summed E-state index contributed by atoms with van der Waals surface area (Å²) in [5, 5.41) is 0. The van der Waals surface area contributed by atoms with Crippen LogP contribution in [0.25, 0.3) is 0 Å². The van der Waals surface area contributed by atoms with E-state index in [4.69, 9.17) is 88.9 Å². The van der Waals surface area contributed by atoms with Gasteiger partial charge in [-0.2, -0.15) is 16.8 Å². The summed E-state index contributed by atoms with van der Waals surface area (Å²) in [6.07, 6.45) is -8.27. The maximum absolute atomic E-state index is 13.8. The van der Waals surface area contributed by atoms with Crippen LogP contribution in [0.1, 0.15) is 120 Å². The van der Waals surface area contributed by atoms with Gasteiger partial charge >= 0.3 is 23.9 Å². The Kier molecular flexibility index (Phi) is 26.0. The molecule has 16 fully saturated rings. The molecule has 12 bridgehead atoms. The number of carbonyl (C=O) groups is 6.